The first kappa shape index (κ1) is 12.5. The van der Waals surface area contributed by atoms with Crippen LogP contribution in [0.4, 0.5) is 11.5 Å². The summed E-state index contributed by atoms with van der Waals surface area (Å²) >= 11 is 0. The molecule has 0 N–H and O–H groups in total. The fourth-order valence-corrected chi connectivity index (χ4v) is 2.28. The van der Waals surface area contributed by atoms with Crippen LogP contribution in [0.5, 0.6) is 0 Å². The fraction of sp³-hybridized carbons (Fsp3) is 0.636. The summed E-state index contributed by atoms with van der Waals surface area (Å²) in [4.78, 5) is 23.9. The summed E-state index contributed by atoms with van der Waals surface area (Å²) in [6.07, 6.45) is 0.899. The molecular weight excluding hydrogens is 236 g/mol. The summed E-state index contributed by atoms with van der Waals surface area (Å²) in [6.45, 7) is 5.18. The predicted molar refractivity (Wildman–Crippen MR) is 65.7 cm³/mol. The highest BCUT2D eigenvalue weighted by molar-refractivity contribution is 5.81. The molecule has 0 amide bonds. The van der Waals surface area contributed by atoms with E-state index in [4.69, 9.17) is 0 Å². The third-order valence-electron chi connectivity index (χ3n) is 3.17. The van der Waals surface area contributed by atoms with Crippen LogP contribution in [0, 0.1) is 17.0 Å². The number of carbonyl (C=O) groups is 1. The van der Waals surface area contributed by atoms with Crippen molar-refractivity contribution in [3.8, 4) is 0 Å². The van der Waals surface area contributed by atoms with Gasteiger partial charge in [0.05, 0.1) is 4.92 Å². The Labute approximate surface area is 105 Å². The van der Waals surface area contributed by atoms with Crippen molar-refractivity contribution in [1.29, 1.82) is 0 Å². The number of nitro groups is 1. The molecule has 1 fully saturated rings. The van der Waals surface area contributed by atoms with Gasteiger partial charge in [0.15, 0.2) is 0 Å². The first-order valence-corrected chi connectivity index (χ1v) is 6.03. The number of hydrogen-bond donors (Lipinski definition) is 0. The van der Waals surface area contributed by atoms with Gasteiger partial charge in [-0.3, -0.25) is 14.9 Å². The molecule has 1 aliphatic rings. The molecule has 0 spiro atoms. The first-order chi connectivity index (χ1) is 8.54. The minimum atomic E-state index is -0.389. The second kappa shape index (κ2) is 4.75. The normalized spacial score (nSPS) is 16.1. The van der Waals surface area contributed by atoms with E-state index in [1.165, 1.54) is 0 Å². The molecule has 0 atom stereocenters. The molecular formula is C11H16N4O3. The first-order valence-electron chi connectivity index (χ1n) is 6.03. The van der Waals surface area contributed by atoms with Gasteiger partial charge in [-0.1, -0.05) is 0 Å². The summed E-state index contributed by atoms with van der Waals surface area (Å²) in [5.41, 5.74) is 0.486. The Bertz CT molecular complexity index is 485. The van der Waals surface area contributed by atoms with Gasteiger partial charge in [-0.25, -0.2) is 4.68 Å². The number of Topliss-reactive ketones (excluding diaryl/α,β-unsaturated/α-hetero) is 1. The van der Waals surface area contributed by atoms with Crippen LogP contribution in [0.3, 0.4) is 0 Å². The molecule has 1 aromatic heterocycles. The Hall–Kier alpha value is -1.92. The summed E-state index contributed by atoms with van der Waals surface area (Å²) < 4.78 is 1.64. The SMILES string of the molecule is CCn1nc(C)c([N+](=O)[O-])c1N1CCC(=O)CC1. The summed E-state index contributed by atoms with van der Waals surface area (Å²) in [5.74, 6) is 0.751. The van der Waals surface area contributed by atoms with Crippen LogP contribution >= 0.6 is 0 Å². The molecule has 0 radical (unpaired) electrons. The van der Waals surface area contributed by atoms with Crippen molar-refractivity contribution in [1.82, 2.24) is 9.78 Å². The molecule has 0 aromatic carbocycles. The fourth-order valence-electron chi connectivity index (χ4n) is 2.28. The largest absolute Gasteiger partial charge is 0.350 e. The van der Waals surface area contributed by atoms with Crippen molar-refractivity contribution >= 4 is 17.3 Å². The Morgan fingerprint density at radius 2 is 2.00 bits per heavy atom. The maximum atomic E-state index is 11.2. The van der Waals surface area contributed by atoms with Gasteiger partial charge >= 0.3 is 5.69 Å². The highest BCUT2D eigenvalue weighted by Gasteiger charge is 2.30. The Morgan fingerprint density at radius 3 is 2.50 bits per heavy atom. The maximum absolute atomic E-state index is 11.2. The smallest absolute Gasteiger partial charge is 0.333 e. The maximum Gasteiger partial charge on any atom is 0.333 e. The minimum Gasteiger partial charge on any atom is -0.350 e. The lowest BCUT2D eigenvalue weighted by molar-refractivity contribution is -0.384. The zero-order valence-corrected chi connectivity index (χ0v) is 10.5. The van der Waals surface area contributed by atoms with Crippen LogP contribution in [0.1, 0.15) is 25.5 Å². The molecule has 0 bridgehead atoms. The molecule has 18 heavy (non-hydrogen) atoms. The lowest BCUT2D eigenvalue weighted by Crippen LogP contribution is -2.35. The Kier molecular flexibility index (Phi) is 3.31. The number of hydrogen-bond acceptors (Lipinski definition) is 5. The van der Waals surface area contributed by atoms with Gasteiger partial charge in [-0.05, 0) is 13.8 Å². The second-order valence-electron chi connectivity index (χ2n) is 4.36. The summed E-state index contributed by atoms with van der Waals surface area (Å²) in [6, 6.07) is 0. The van der Waals surface area contributed by atoms with E-state index in [9.17, 15) is 14.9 Å². The van der Waals surface area contributed by atoms with Gasteiger partial charge in [-0.15, -0.1) is 0 Å². The standard InChI is InChI=1S/C11H16N4O3/c1-3-14-11(10(15(17)18)8(2)12-14)13-6-4-9(16)5-7-13/h3-7H2,1-2H3. The average molecular weight is 252 g/mol. The number of piperidine rings is 1. The number of carbonyl (C=O) groups excluding carboxylic acids is 1. The molecule has 0 aliphatic carbocycles. The zero-order chi connectivity index (χ0) is 13.3. The van der Waals surface area contributed by atoms with Crippen LogP contribution in [0.25, 0.3) is 0 Å². The molecule has 1 aromatic rings. The van der Waals surface area contributed by atoms with Crippen molar-refractivity contribution in [3.63, 3.8) is 0 Å². The van der Waals surface area contributed by atoms with Crippen LogP contribution < -0.4 is 4.90 Å². The van der Waals surface area contributed by atoms with Crippen LogP contribution in [0.2, 0.25) is 0 Å². The lowest BCUT2D eigenvalue weighted by atomic mass is 10.1. The molecule has 7 nitrogen and oxygen atoms in total. The van der Waals surface area contributed by atoms with Crippen molar-refractivity contribution in [2.45, 2.75) is 33.2 Å². The summed E-state index contributed by atoms with van der Waals surface area (Å²) in [5, 5.41) is 15.3. The number of ketones is 1. The average Bonchev–Trinajstić information content (AvgIpc) is 2.67. The van der Waals surface area contributed by atoms with Crippen molar-refractivity contribution < 1.29 is 9.72 Å². The van der Waals surface area contributed by atoms with E-state index >= 15 is 0 Å². The van der Waals surface area contributed by atoms with Gasteiger partial charge in [0.25, 0.3) is 0 Å². The Morgan fingerprint density at radius 1 is 1.39 bits per heavy atom. The highest BCUT2D eigenvalue weighted by Crippen LogP contribution is 2.32. The van der Waals surface area contributed by atoms with Crippen molar-refractivity contribution in [2.75, 3.05) is 18.0 Å². The van der Waals surface area contributed by atoms with E-state index in [1.807, 2.05) is 11.8 Å². The van der Waals surface area contributed by atoms with E-state index in [0.29, 0.717) is 44.0 Å². The van der Waals surface area contributed by atoms with Gasteiger partial charge in [0.1, 0.15) is 11.5 Å². The van der Waals surface area contributed by atoms with Crippen LogP contribution in [-0.4, -0.2) is 33.6 Å². The van der Waals surface area contributed by atoms with Crippen LogP contribution in [-0.2, 0) is 11.3 Å². The van der Waals surface area contributed by atoms with E-state index < -0.39 is 0 Å². The van der Waals surface area contributed by atoms with Gasteiger partial charge < -0.3 is 4.90 Å². The lowest BCUT2D eigenvalue weighted by Gasteiger charge is -2.27. The third-order valence-corrected chi connectivity index (χ3v) is 3.17. The van der Waals surface area contributed by atoms with Gasteiger partial charge in [0, 0.05) is 32.5 Å². The predicted octanol–water partition coefficient (Wildman–Crippen LogP) is 1.29. The number of anilines is 1. The zero-order valence-electron chi connectivity index (χ0n) is 10.5. The molecule has 2 heterocycles. The van der Waals surface area contributed by atoms with E-state index in [1.54, 1.807) is 11.6 Å². The van der Waals surface area contributed by atoms with E-state index in [-0.39, 0.29) is 16.4 Å². The van der Waals surface area contributed by atoms with E-state index in [0.717, 1.165) is 0 Å². The molecule has 0 unspecified atom stereocenters. The monoisotopic (exact) mass is 252 g/mol. The van der Waals surface area contributed by atoms with Gasteiger partial charge in [0.2, 0.25) is 5.82 Å². The molecule has 0 saturated carbocycles. The number of rotatable bonds is 3. The topological polar surface area (TPSA) is 81.3 Å². The highest BCUT2D eigenvalue weighted by atomic mass is 16.6. The van der Waals surface area contributed by atoms with Crippen LogP contribution in [0.15, 0.2) is 0 Å². The molecule has 7 heteroatoms. The van der Waals surface area contributed by atoms with Gasteiger partial charge in [-0.2, -0.15) is 5.10 Å². The summed E-state index contributed by atoms with van der Waals surface area (Å²) in [7, 11) is 0. The molecule has 98 valence electrons. The Balaban J connectivity index is 2.41. The molecule has 2 rings (SSSR count). The molecule has 1 aliphatic heterocycles. The number of aromatic nitrogens is 2. The molecule has 1 saturated heterocycles. The second-order valence-corrected chi connectivity index (χ2v) is 4.36. The number of aryl methyl sites for hydroxylation is 2. The third kappa shape index (κ3) is 2.07. The minimum absolute atomic E-state index is 0.0613. The van der Waals surface area contributed by atoms with Crippen molar-refractivity contribution in [2.24, 2.45) is 0 Å². The quantitative estimate of drug-likeness (QED) is 0.598. The van der Waals surface area contributed by atoms with Crippen molar-refractivity contribution in [3.05, 3.63) is 15.8 Å². The number of nitrogens with zero attached hydrogens (tertiary/aromatic N) is 4. The van der Waals surface area contributed by atoms with E-state index in [2.05, 4.69) is 5.10 Å².